The van der Waals surface area contributed by atoms with Gasteiger partial charge in [0.25, 0.3) is 0 Å². The summed E-state index contributed by atoms with van der Waals surface area (Å²) in [6, 6.07) is -0.639. The number of hydrogen-bond donors (Lipinski definition) is 7. The quantitative estimate of drug-likeness (QED) is 0.0919. The molecule has 80 valence electrons. The van der Waals surface area contributed by atoms with E-state index in [9.17, 15) is 5.11 Å². The second-order valence-electron chi connectivity index (χ2n) is 1.71. The lowest BCUT2D eigenvalue weighted by Crippen LogP contribution is -2.86. The second kappa shape index (κ2) is 6.21. The summed E-state index contributed by atoms with van der Waals surface area (Å²) in [7, 11) is 0. The second-order valence-corrected chi connectivity index (χ2v) is 1.71. The van der Waals surface area contributed by atoms with Gasteiger partial charge < -0.3 is 10.9 Å². The van der Waals surface area contributed by atoms with E-state index in [-0.39, 0.29) is 5.96 Å². The highest BCUT2D eigenvalue weighted by Crippen LogP contribution is 1.81. The Morgan fingerprint density at radius 2 is 2.00 bits per heavy atom. The predicted octanol–water partition coefficient (Wildman–Crippen LogP) is -7.32. The Labute approximate surface area is 77.8 Å². The van der Waals surface area contributed by atoms with Gasteiger partial charge in [0.1, 0.15) is 6.01 Å². The van der Waals surface area contributed by atoms with Crippen LogP contribution in [0.15, 0.2) is 0 Å². The topological polar surface area (TPSA) is 209 Å². The minimum absolute atomic E-state index is 0.264. The molecule has 0 saturated heterocycles. The monoisotopic (exact) mass is 205 g/mol. The predicted molar refractivity (Wildman–Crippen MR) is 42.2 cm³/mol. The lowest BCUT2D eigenvalue weighted by Gasteiger charge is -1.95. The number of nitrogens with two attached hydrogens (primary N) is 4. The molecule has 1 aromatic heterocycles. The zero-order valence-electron chi connectivity index (χ0n) is 7.01. The number of tetrazole rings is 1. The van der Waals surface area contributed by atoms with Gasteiger partial charge in [-0.15, -0.1) is 5.10 Å². The number of rotatable bonds is 0. The molecule has 12 heteroatoms. The number of hydrogen-bond acceptors (Lipinski definition) is 8. The van der Waals surface area contributed by atoms with Crippen LogP contribution in [0.5, 0.6) is 6.01 Å². The van der Waals surface area contributed by atoms with Crippen LogP contribution in [-0.4, -0.2) is 26.3 Å². The molecule has 0 atom stereocenters. The Hall–Kier alpha value is -2.34. The number of hydrazone groups is 1. The number of hydrazine groups is 3. The molecule has 0 spiro atoms. The third-order valence-corrected chi connectivity index (χ3v) is 0.896. The van der Waals surface area contributed by atoms with Crippen molar-refractivity contribution in [3.05, 3.63) is 0 Å². The molecule has 0 fully saturated rings. The fraction of sp³-hybridized carbons (Fsp3) is 0. The van der Waals surface area contributed by atoms with E-state index in [0.717, 1.165) is 0 Å². The Morgan fingerprint density at radius 3 is 2.07 bits per heavy atom. The summed E-state index contributed by atoms with van der Waals surface area (Å²) >= 11 is 0. The molecular weight excluding hydrogens is 194 g/mol. The molecule has 0 amide bonds. The van der Waals surface area contributed by atoms with E-state index in [2.05, 4.69) is 31.5 Å². The van der Waals surface area contributed by atoms with E-state index in [1.807, 2.05) is 0 Å². The van der Waals surface area contributed by atoms with Crippen molar-refractivity contribution >= 4 is 5.96 Å². The average molecular weight is 205 g/mol. The molecule has 0 radical (unpaired) electrons. The number of aromatic nitrogens is 4. The molecule has 1 heterocycles. The van der Waals surface area contributed by atoms with Crippen molar-refractivity contribution in [3.8, 4) is 6.01 Å². The van der Waals surface area contributed by atoms with Crippen LogP contribution in [0, 0.1) is 0 Å². The number of guanidine groups is 1. The first kappa shape index (κ1) is 11.7. The number of nitrogens with one attached hydrogen (secondary N) is 3. The standard InChI is InChI=1S/CH8N6.CH3N5O/c2-5-1(6-3)7-4;2-6-1(7)3-4-5-6/h2-4H2,(H2,5,6,7);2H2,(H,3,5,7). The van der Waals surface area contributed by atoms with Gasteiger partial charge in [0.05, 0.1) is 0 Å². The first-order valence-corrected chi connectivity index (χ1v) is 3.13. The Bertz CT molecular complexity index is 254. The van der Waals surface area contributed by atoms with E-state index < -0.39 is 6.01 Å². The van der Waals surface area contributed by atoms with Crippen LogP contribution in [0.25, 0.3) is 0 Å². The summed E-state index contributed by atoms with van der Waals surface area (Å²) in [4.78, 5) is 0.556. The van der Waals surface area contributed by atoms with Gasteiger partial charge in [-0.2, -0.15) is 21.6 Å². The van der Waals surface area contributed by atoms with Gasteiger partial charge in [-0.05, 0) is 10.4 Å². The summed E-state index contributed by atoms with van der Waals surface area (Å²) in [5.41, 5.74) is 4.29. The van der Waals surface area contributed by atoms with E-state index >= 15 is 0 Å². The Kier molecular flexibility index (Phi) is 5.17. The molecule has 14 heavy (non-hydrogen) atoms. The molecule has 11 N–H and O–H groups in total. The highest BCUT2D eigenvalue weighted by Gasteiger charge is 1.92. The number of nitrogens with zero attached hydrogens (tertiary/aromatic N) is 4. The molecule has 0 saturated carbocycles. The minimum atomic E-state index is -0.639. The molecule has 12 nitrogen and oxygen atoms in total. The summed E-state index contributed by atoms with van der Waals surface area (Å²) in [5, 5.41) is 21.1. The van der Waals surface area contributed by atoms with E-state index in [1.54, 1.807) is 0 Å². The first-order valence-electron chi connectivity index (χ1n) is 3.13. The van der Waals surface area contributed by atoms with Gasteiger partial charge in [0, 0.05) is 0 Å². The van der Waals surface area contributed by atoms with Crippen LogP contribution in [0.4, 0.5) is 0 Å². The van der Waals surface area contributed by atoms with Crippen LogP contribution in [0.3, 0.4) is 0 Å². The molecule has 0 aromatic carbocycles. The van der Waals surface area contributed by atoms with Gasteiger partial charge in [0.15, 0.2) is 0 Å². The Balaban J connectivity index is 0.000000241. The van der Waals surface area contributed by atoms with Gasteiger partial charge >= 0.3 is 5.96 Å². The van der Waals surface area contributed by atoms with Gasteiger partial charge in [-0.3, -0.25) is 5.84 Å². The van der Waals surface area contributed by atoms with Crippen LogP contribution in [-0.2, 0) is 0 Å². The van der Waals surface area contributed by atoms with Gasteiger partial charge in [0.2, 0.25) is 0 Å². The molecule has 0 aliphatic carbocycles. The van der Waals surface area contributed by atoms with Crippen molar-refractivity contribution in [2.45, 2.75) is 0 Å². The van der Waals surface area contributed by atoms with E-state index in [1.165, 1.54) is 0 Å². The zero-order valence-corrected chi connectivity index (χ0v) is 7.01. The van der Waals surface area contributed by atoms with Crippen LogP contribution in [0.1, 0.15) is 0 Å². The van der Waals surface area contributed by atoms with Crippen molar-refractivity contribution in [3.63, 3.8) is 0 Å². The third kappa shape index (κ3) is 3.88. The minimum Gasteiger partial charge on any atom is -0.842 e. The SMILES string of the molecule is NNC(NN)=[NH+]N.Nn1nnnc1[O-]. The van der Waals surface area contributed by atoms with E-state index in [4.69, 9.17) is 23.4 Å². The van der Waals surface area contributed by atoms with Crippen molar-refractivity contribution in [1.29, 1.82) is 0 Å². The van der Waals surface area contributed by atoms with Crippen molar-refractivity contribution in [2.75, 3.05) is 5.84 Å². The summed E-state index contributed by atoms with van der Waals surface area (Å²) in [6.07, 6.45) is 0. The zero-order chi connectivity index (χ0) is 11.0. The lowest BCUT2D eigenvalue weighted by atomic mass is 11.1. The van der Waals surface area contributed by atoms with Gasteiger partial charge in [-0.1, -0.05) is 0 Å². The molecular formula is C2H11N11O. The largest absolute Gasteiger partial charge is 0.842 e. The van der Waals surface area contributed by atoms with Gasteiger partial charge in [-0.25, -0.2) is 10.9 Å². The molecule has 0 aliphatic heterocycles. The van der Waals surface area contributed by atoms with Crippen molar-refractivity contribution in [1.82, 2.24) is 31.2 Å². The fourth-order valence-electron chi connectivity index (χ4n) is 0.310. The summed E-state index contributed by atoms with van der Waals surface area (Å²) < 4.78 is 0. The van der Waals surface area contributed by atoms with Crippen molar-refractivity contribution < 1.29 is 10.2 Å². The van der Waals surface area contributed by atoms with E-state index in [0.29, 0.717) is 4.79 Å². The average Bonchev–Trinajstić information content (AvgIpc) is 2.55. The summed E-state index contributed by atoms with van der Waals surface area (Å²) in [5.74, 6) is 19.5. The molecule has 1 aromatic rings. The fourth-order valence-corrected chi connectivity index (χ4v) is 0.310. The summed E-state index contributed by atoms with van der Waals surface area (Å²) in [6.45, 7) is 0. The maximum absolute atomic E-state index is 10.0. The molecule has 0 unspecified atom stereocenters. The smallest absolute Gasteiger partial charge is 0.398 e. The van der Waals surface area contributed by atoms with Crippen LogP contribution in [0.2, 0.25) is 0 Å². The molecule has 0 aliphatic rings. The highest BCUT2D eigenvalue weighted by molar-refractivity contribution is 5.72. The first-order chi connectivity index (χ1) is 6.65. The maximum Gasteiger partial charge on any atom is 0.398 e. The third-order valence-electron chi connectivity index (χ3n) is 0.896. The molecule has 0 bridgehead atoms. The van der Waals surface area contributed by atoms with Crippen LogP contribution < -0.4 is 44.4 Å². The maximum atomic E-state index is 10.0. The highest BCUT2D eigenvalue weighted by atomic mass is 16.3. The lowest BCUT2D eigenvalue weighted by molar-refractivity contribution is -0.474. The number of nitrogen functional groups attached to an aromatic ring is 1. The van der Waals surface area contributed by atoms with Crippen LogP contribution >= 0.6 is 0 Å². The normalized spacial score (nSPS) is 8.14. The molecule has 1 rings (SSSR count). The van der Waals surface area contributed by atoms with Crippen molar-refractivity contribution in [2.24, 2.45) is 17.5 Å². The Morgan fingerprint density at radius 1 is 1.43 bits per heavy atom.